The second-order valence-corrected chi connectivity index (χ2v) is 12.6. The van der Waals surface area contributed by atoms with Crippen LogP contribution in [0.5, 0.6) is 0 Å². The molecule has 4 amide bonds. The van der Waals surface area contributed by atoms with Gasteiger partial charge in [0, 0.05) is 37.0 Å². The first kappa shape index (κ1) is 44.4. The first-order chi connectivity index (χ1) is 23.3. The topological polar surface area (TPSA) is 194 Å². The van der Waals surface area contributed by atoms with E-state index in [0.29, 0.717) is 32.2 Å². The number of aliphatic hydroxyl groups excluding tert-OH is 1. The molecule has 288 valence electrons. The molecule has 0 bridgehead atoms. The molecule has 21 heteroatoms. The molecule has 0 fully saturated rings. The number of halogens is 7. The van der Waals surface area contributed by atoms with Crippen molar-refractivity contribution in [2.45, 2.75) is 72.1 Å². The minimum absolute atomic E-state index is 0.355. The minimum Gasteiger partial charge on any atom is -0.453 e. The van der Waals surface area contributed by atoms with Gasteiger partial charge < -0.3 is 41.3 Å². The maximum atomic E-state index is 15.2. The highest BCUT2D eigenvalue weighted by molar-refractivity contribution is 6.06. The van der Waals surface area contributed by atoms with Gasteiger partial charge in [-0.2, -0.15) is 22.0 Å². The molecular formula is C30H42F7N7O7. The van der Waals surface area contributed by atoms with E-state index in [1.807, 2.05) is 0 Å². The Labute approximate surface area is 288 Å². The third-order valence-corrected chi connectivity index (χ3v) is 7.22. The highest BCUT2D eigenvalue weighted by Crippen LogP contribution is 2.40. The van der Waals surface area contributed by atoms with Crippen molar-refractivity contribution in [1.82, 2.24) is 31.7 Å². The maximum absolute atomic E-state index is 15.2. The zero-order valence-corrected chi connectivity index (χ0v) is 28.7. The number of nitrogens with zero attached hydrogens (tertiary/aromatic N) is 1. The van der Waals surface area contributed by atoms with Crippen molar-refractivity contribution >= 4 is 29.7 Å². The summed E-state index contributed by atoms with van der Waals surface area (Å²) >= 11 is 0. The van der Waals surface area contributed by atoms with E-state index in [9.17, 15) is 46.2 Å². The predicted molar refractivity (Wildman–Crippen MR) is 167 cm³/mol. The molecule has 1 aromatic rings. The Hall–Kier alpha value is -4.66. The van der Waals surface area contributed by atoms with Crippen LogP contribution in [0.25, 0.3) is 0 Å². The van der Waals surface area contributed by atoms with Gasteiger partial charge in [-0.3, -0.25) is 15.0 Å². The van der Waals surface area contributed by atoms with Gasteiger partial charge in [0.2, 0.25) is 5.91 Å². The highest BCUT2D eigenvalue weighted by Gasteiger charge is 2.55. The molecule has 0 heterocycles. The zero-order valence-electron chi connectivity index (χ0n) is 28.7. The standard InChI is InChI=1S/C30H42F7N7O7/c1-28(2,3)21(41-26(48)50-6)24(47)43-44(14-17-18(31)10-15(11-19(17)32)20(38)8-9-39-25(33)34)13-16(45)12-40-23(46)22(42-27(49)51-7)29(4,5)30(35,36)37/h8-11,16,21-22,25,38-39,45H,12-14H2,1-7H3,(H,40,46)(H,41,48)(H,42,49)(H,43,47)/b9-8-,38-20?/t16-,21-,22?/m1/s1. The first-order valence-electron chi connectivity index (χ1n) is 14.9. The number of amides is 4. The van der Waals surface area contributed by atoms with Crippen LogP contribution < -0.4 is 26.7 Å². The Balaban J connectivity index is 3.42. The molecule has 0 saturated heterocycles. The van der Waals surface area contributed by atoms with Crippen LogP contribution in [-0.2, 0) is 25.6 Å². The van der Waals surface area contributed by atoms with Gasteiger partial charge in [0.25, 0.3) is 5.91 Å². The molecule has 1 aromatic carbocycles. The van der Waals surface area contributed by atoms with Gasteiger partial charge in [-0.15, -0.1) is 0 Å². The molecule has 0 aliphatic heterocycles. The number of hydrogen-bond donors (Lipinski definition) is 7. The van der Waals surface area contributed by atoms with Gasteiger partial charge >= 0.3 is 24.9 Å². The molecule has 0 saturated carbocycles. The zero-order chi connectivity index (χ0) is 39.5. The van der Waals surface area contributed by atoms with Crippen molar-refractivity contribution in [2.24, 2.45) is 10.8 Å². The van der Waals surface area contributed by atoms with E-state index in [0.717, 1.165) is 25.3 Å². The number of nitrogens with one attached hydrogen (secondary N) is 6. The van der Waals surface area contributed by atoms with E-state index >= 15 is 8.78 Å². The first-order valence-corrected chi connectivity index (χ1v) is 14.9. The van der Waals surface area contributed by atoms with Crippen LogP contribution in [0.3, 0.4) is 0 Å². The van der Waals surface area contributed by atoms with Crippen LogP contribution in [0.2, 0.25) is 0 Å². The molecule has 0 spiro atoms. The molecular weight excluding hydrogens is 703 g/mol. The van der Waals surface area contributed by atoms with Crippen molar-refractivity contribution < 1.29 is 64.5 Å². The lowest BCUT2D eigenvalue weighted by atomic mass is 9.83. The minimum atomic E-state index is -5.00. The number of aliphatic hydroxyl groups is 1. The molecule has 14 nitrogen and oxygen atoms in total. The molecule has 51 heavy (non-hydrogen) atoms. The SMILES string of the molecule is COC(=O)NC(C(=O)NC[C@@H](O)CN(Cc1c(F)cc(C(=N)/C=C\NC(F)F)cc1F)NC(=O)[C@@H](NC(=O)OC)C(C)(C)C)C(C)(C)C(F)(F)F. The van der Waals surface area contributed by atoms with Crippen LogP contribution in [0.15, 0.2) is 24.4 Å². The van der Waals surface area contributed by atoms with Crippen molar-refractivity contribution in [3.63, 3.8) is 0 Å². The third-order valence-electron chi connectivity index (χ3n) is 7.22. The largest absolute Gasteiger partial charge is 0.453 e. The molecule has 0 radical (unpaired) electrons. The van der Waals surface area contributed by atoms with Crippen LogP contribution >= 0.6 is 0 Å². The Morgan fingerprint density at radius 1 is 0.922 bits per heavy atom. The van der Waals surface area contributed by atoms with E-state index in [1.54, 1.807) is 31.4 Å². The number of hydrogen-bond acceptors (Lipinski definition) is 10. The summed E-state index contributed by atoms with van der Waals surface area (Å²) in [5.41, 5.74) is -3.15. The van der Waals surface area contributed by atoms with Crippen molar-refractivity contribution in [3.8, 4) is 0 Å². The summed E-state index contributed by atoms with van der Waals surface area (Å²) in [6.45, 7) is 0.611. The summed E-state index contributed by atoms with van der Waals surface area (Å²) in [4.78, 5) is 49.9. The average molecular weight is 746 g/mol. The lowest BCUT2D eigenvalue weighted by Crippen LogP contribution is -2.60. The fourth-order valence-electron chi connectivity index (χ4n) is 4.18. The summed E-state index contributed by atoms with van der Waals surface area (Å²) in [6, 6.07) is -2.17. The highest BCUT2D eigenvalue weighted by atomic mass is 19.4. The molecule has 3 atom stereocenters. The van der Waals surface area contributed by atoms with E-state index in [4.69, 9.17) is 5.41 Å². The summed E-state index contributed by atoms with van der Waals surface area (Å²) < 4.78 is 105. The lowest BCUT2D eigenvalue weighted by molar-refractivity contribution is -0.220. The van der Waals surface area contributed by atoms with Crippen molar-refractivity contribution in [1.29, 1.82) is 5.41 Å². The second-order valence-electron chi connectivity index (χ2n) is 12.6. The number of benzene rings is 1. The van der Waals surface area contributed by atoms with Gasteiger partial charge in [-0.05, 0) is 37.5 Å². The Kier molecular flexibility index (Phi) is 16.1. The van der Waals surface area contributed by atoms with E-state index in [-0.39, 0.29) is 5.56 Å². The second kappa shape index (κ2) is 18.5. The molecule has 0 aliphatic rings. The Morgan fingerprint density at radius 2 is 1.43 bits per heavy atom. The van der Waals surface area contributed by atoms with E-state index < -0.39 is 108 Å². The van der Waals surface area contributed by atoms with E-state index in [1.165, 1.54) is 0 Å². The van der Waals surface area contributed by atoms with Crippen LogP contribution in [0, 0.1) is 27.9 Å². The number of carbonyl (C=O) groups excluding carboxylic acids is 4. The Bertz CT molecular complexity index is 1410. The lowest BCUT2D eigenvalue weighted by Gasteiger charge is -2.35. The molecule has 1 unspecified atom stereocenters. The van der Waals surface area contributed by atoms with Crippen molar-refractivity contribution in [2.75, 3.05) is 27.3 Å². The van der Waals surface area contributed by atoms with Gasteiger partial charge in [-0.1, -0.05) is 20.8 Å². The van der Waals surface area contributed by atoms with Gasteiger partial charge in [-0.25, -0.2) is 23.4 Å². The molecule has 7 N–H and O–H groups in total. The average Bonchev–Trinajstić information content (AvgIpc) is 3.00. The Morgan fingerprint density at radius 3 is 1.88 bits per heavy atom. The molecule has 0 aliphatic carbocycles. The quantitative estimate of drug-likeness (QED) is 0.0577. The summed E-state index contributed by atoms with van der Waals surface area (Å²) in [5.74, 6) is -4.88. The van der Waals surface area contributed by atoms with Gasteiger partial charge in [0.15, 0.2) is 0 Å². The molecule has 0 aromatic heterocycles. The summed E-state index contributed by atoms with van der Waals surface area (Å²) in [5, 5.41) is 27.2. The molecule has 1 rings (SSSR count). The smallest absolute Gasteiger partial charge is 0.407 e. The summed E-state index contributed by atoms with van der Waals surface area (Å²) in [7, 11) is 1.89. The predicted octanol–water partition coefficient (Wildman–Crippen LogP) is 3.05. The van der Waals surface area contributed by atoms with Gasteiger partial charge in [0.05, 0.1) is 31.5 Å². The van der Waals surface area contributed by atoms with Crippen molar-refractivity contribution in [3.05, 3.63) is 47.2 Å². The number of carbonyl (C=O) groups is 4. The number of rotatable bonds is 16. The summed E-state index contributed by atoms with van der Waals surface area (Å²) in [6.07, 6.45) is -7.61. The third kappa shape index (κ3) is 13.5. The van der Waals surface area contributed by atoms with Crippen LogP contribution in [0.1, 0.15) is 45.7 Å². The maximum Gasteiger partial charge on any atom is 0.407 e. The van der Waals surface area contributed by atoms with E-state index in [2.05, 4.69) is 25.5 Å². The normalized spacial score (nSPS) is 14.1. The van der Waals surface area contributed by atoms with Crippen LogP contribution in [-0.4, -0.2) is 98.1 Å². The fourth-order valence-corrected chi connectivity index (χ4v) is 4.18. The monoisotopic (exact) mass is 745 g/mol. The van der Waals surface area contributed by atoms with Gasteiger partial charge in [0.1, 0.15) is 23.7 Å². The van der Waals surface area contributed by atoms with Crippen LogP contribution in [0.4, 0.5) is 40.3 Å². The fraction of sp³-hybridized carbons (Fsp3) is 0.567. The number of allylic oxidation sites excluding steroid dienone is 1. The number of hydrazine groups is 1. The number of methoxy groups -OCH3 is 2. The number of alkyl halides is 5. The number of ether oxygens (including phenoxy) is 2. The number of alkyl carbamates (subject to hydrolysis) is 2.